The smallest absolute Gasteiger partial charge is 0.191 e. The Morgan fingerprint density at radius 1 is 1.45 bits per heavy atom. The molecule has 1 unspecified atom stereocenters. The molecule has 1 atom stereocenters. The highest BCUT2D eigenvalue weighted by atomic mass is 127. The molecule has 1 aliphatic rings. The third kappa shape index (κ3) is 6.55. The maximum Gasteiger partial charge on any atom is 0.191 e. The van der Waals surface area contributed by atoms with Crippen LogP contribution in [0, 0.1) is 5.92 Å². The third-order valence-corrected chi connectivity index (χ3v) is 5.26. The SMILES string of the molecule is CCNC(=NCC1CCS(=O)(=O)C1)NCCc1ccco1.I. The third-order valence-electron chi connectivity index (χ3n) is 3.42. The number of aliphatic imine (C=N–C) groups is 1. The summed E-state index contributed by atoms with van der Waals surface area (Å²) >= 11 is 0. The van der Waals surface area contributed by atoms with Crippen LogP contribution in [0.2, 0.25) is 0 Å². The van der Waals surface area contributed by atoms with Crippen LogP contribution >= 0.6 is 24.0 Å². The van der Waals surface area contributed by atoms with Crippen LogP contribution in [0.3, 0.4) is 0 Å². The molecule has 2 N–H and O–H groups in total. The lowest BCUT2D eigenvalue weighted by Crippen LogP contribution is -2.38. The van der Waals surface area contributed by atoms with Crippen molar-refractivity contribution in [2.45, 2.75) is 19.8 Å². The minimum Gasteiger partial charge on any atom is -0.469 e. The molecule has 0 spiro atoms. The molecule has 6 nitrogen and oxygen atoms in total. The highest BCUT2D eigenvalue weighted by Crippen LogP contribution is 2.18. The van der Waals surface area contributed by atoms with Crippen molar-refractivity contribution >= 4 is 39.8 Å². The van der Waals surface area contributed by atoms with Crippen molar-refractivity contribution in [1.29, 1.82) is 0 Å². The molecule has 1 saturated heterocycles. The van der Waals surface area contributed by atoms with Crippen LogP contribution in [0.25, 0.3) is 0 Å². The van der Waals surface area contributed by atoms with Crippen LogP contribution < -0.4 is 10.6 Å². The van der Waals surface area contributed by atoms with Crippen LogP contribution in [0.5, 0.6) is 0 Å². The van der Waals surface area contributed by atoms with Gasteiger partial charge in [-0.1, -0.05) is 0 Å². The van der Waals surface area contributed by atoms with E-state index in [1.807, 2.05) is 19.1 Å². The molecule has 0 amide bonds. The van der Waals surface area contributed by atoms with Gasteiger partial charge in [0, 0.05) is 26.1 Å². The van der Waals surface area contributed by atoms with Crippen molar-refractivity contribution in [2.24, 2.45) is 10.9 Å². The first kappa shape index (κ1) is 19.3. The molecule has 1 aromatic rings. The molecule has 1 aromatic heterocycles. The summed E-state index contributed by atoms with van der Waals surface area (Å²) in [6, 6.07) is 3.81. The summed E-state index contributed by atoms with van der Waals surface area (Å²) in [7, 11) is -2.82. The Kier molecular flexibility index (Phi) is 8.23. The summed E-state index contributed by atoms with van der Waals surface area (Å²) in [5, 5.41) is 6.40. The highest BCUT2D eigenvalue weighted by molar-refractivity contribution is 14.0. The molecule has 0 aromatic carbocycles. The fourth-order valence-electron chi connectivity index (χ4n) is 2.34. The second-order valence-corrected chi connectivity index (χ2v) is 7.47. The standard InChI is InChI=1S/C14H23N3O3S.HI/c1-2-15-14(16-7-5-13-4-3-8-20-13)17-10-12-6-9-21(18,19)11-12;/h3-4,8,12H,2,5-7,9-11H2,1H3,(H2,15,16,17);1H. The van der Waals surface area contributed by atoms with E-state index in [4.69, 9.17) is 4.42 Å². The summed E-state index contributed by atoms with van der Waals surface area (Å²) in [6.07, 6.45) is 3.17. The number of furan rings is 1. The van der Waals surface area contributed by atoms with Crippen molar-refractivity contribution in [1.82, 2.24) is 10.6 Å². The van der Waals surface area contributed by atoms with Crippen molar-refractivity contribution in [3.8, 4) is 0 Å². The van der Waals surface area contributed by atoms with E-state index in [9.17, 15) is 8.42 Å². The summed E-state index contributed by atoms with van der Waals surface area (Å²) in [5.74, 6) is 2.38. The number of sulfone groups is 1. The number of nitrogens with one attached hydrogen (secondary N) is 2. The molecule has 0 aliphatic carbocycles. The van der Waals surface area contributed by atoms with Crippen LogP contribution in [-0.2, 0) is 16.3 Å². The van der Waals surface area contributed by atoms with Gasteiger partial charge in [-0.2, -0.15) is 0 Å². The zero-order chi connectivity index (χ0) is 15.1. The number of hydrogen-bond acceptors (Lipinski definition) is 4. The first-order valence-corrected chi connectivity index (χ1v) is 9.16. The van der Waals surface area contributed by atoms with Gasteiger partial charge in [-0.25, -0.2) is 8.42 Å². The fraction of sp³-hybridized carbons (Fsp3) is 0.643. The van der Waals surface area contributed by atoms with E-state index in [0.29, 0.717) is 12.3 Å². The number of hydrogen-bond donors (Lipinski definition) is 2. The molecule has 1 fully saturated rings. The number of rotatable bonds is 6. The average Bonchev–Trinajstić information content (AvgIpc) is 3.05. The van der Waals surface area contributed by atoms with E-state index in [1.54, 1.807) is 6.26 Å². The zero-order valence-electron chi connectivity index (χ0n) is 12.7. The fourth-order valence-corrected chi connectivity index (χ4v) is 4.19. The molecule has 1 aliphatic heterocycles. The highest BCUT2D eigenvalue weighted by Gasteiger charge is 2.27. The predicted octanol–water partition coefficient (Wildman–Crippen LogP) is 1.43. The minimum absolute atomic E-state index is 0. The molecular formula is C14H24IN3O3S. The second kappa shape index (κ2) is 9.39. The van der Waals surface area contributed by atoms with E-state index >= 15 is 0 Å². The molecule has 22 heavy (non-hydrogen) atoms. The second-order valence-electron chi connectivity index (χ2n) is 5.24. The number of halogens is 1. The van der Waals surface area contributed by atoms with Gasteiger partial charge in [0.1, 0.15) is 5.76 Å². The van der Waals surface area contributed by atoms with Crippen molar-refractivity contribution in [3.05, 3.63) is 24.2 Å². The van der Waals surface area contributed by atoms with Gasteiger partial charge in [-0.15, -0.1) is 24.0 Å². The molecule has 126 valence electrons. The van der Waals surface area contributed by atoms with Crippen LogP contribution in [0.15, 0.2) is 27.8 Å². The summed E-state index contributed by atoms with van der Waals surface area (Å²) in [6.45, 7) is 4.05. The Labute approximate surface area is 149 Å². The Morgan fingerprint density at radius 3 is 2.86 bits per heavy atom. The van der Waals surface area contributed by atoms with E-state index in [2.05, 4.69) is 15.6 Å². The minimum atomic E-state index is -2.82. The number of guanidine groups is 1. The molecular weight excluding hydrogens is 417 g/mol. The van der Waals surface area contributed by atoms with Crippen molar-refractivity contribution in [3.63, 3.8) is 0 Å². The lowest BCUT2D eigenvalue weighted by atomic mass is 10.1. The Morgan fingerprint density at radius 2 is 2.27 bits per heavy atom. The van der Waals surface area contributed by atoms with Gasteiger partial charge in [0.25, 0.3) is 0 Å². The topological polar surface area (TPSA) is 83.7 Å². The van der Waals surface area contributed by atoms with Crippen LogP contribution in [0.4, 0.5) is 0 Å². The summed E-state index contributed by atoms with van der Waals surface area (Å²) in [5.41, 5.74) is 0. The normalized spacial score (nSPS) is 20.4. The Bertz CT molecular complexity index is 558. The van der Waals surface area contributed by atoms with Gasteiger partial charge in [0.2, 0.25) is 0 Å². The first-order valence-electron chi connectivity index (χ1n) is 7.34. The zero-order valence-corrected chi connectivity index (χ0v) is 15.9. The van der Waals surface area contributed by atoms with E-state index in [-0.39, 0.29) is 35.6 Å². The molecule has 0 radical (unpaired) electrons. The maximum atomic E-state index is 11.4. The quantitative estimate of drug-likeness (QED) is 0.397. The van der Waals surface area contributed by atoms with Crippen molar-refractivity contribution < 1.29 is 12.8 Å². The maximum absolute atomic E-state index is 11.4. The molecule has 0 saturated carbocycles. The summed E-state index contributed by atoms with van der Waals surface area (Å²) in [4.78, 5) is 4.48. The predicted molar refractivity (Wildman–Crippen MR) is 98.6 cm³/mol. The van der Waals surface area contributed by atoms with Gasteiger partial charge < -0.3 is 15.1 Å². The van der Waals surface area contributed by atoms with Gasteiger partial charge in [-0.05, 0) is 31.4 Å². The van der Waals surface area contributed by atoms with E-state index in [1.165, 1.54) is 0 Å². The monoisotopic (exact) mass is 441 g/mol. The van der Waals surface area contributed by atoms with E-state index < -0.39 is 9.84 Å². The average molecular weight is 441 g/mol. The first-order chi connectivity index (χ1) is 10.1. The molecule has 8 heteroatoms. The Hall–Kier alpha value is -0.770. The van der Waals surface area contributed by atoms with Gasteiger partial charge in [0.15, 0.2) is 15.8 Å². The lowest BCUT2D eigenvalue weighted by molar-refractivity contribution is 0.506. The van der Waals surface area contributed by atoms with Gasteiger partial charge in [-0.3, -0.25) is 4.99 Å². The van der Waals surface area contributed by atoms with Crippen LogP contribution in [0.1, 0.15) is 19.1 Å². The molecule has 2 heterocycles. The van der Waals surface area contributed by atoms with Gasteiger partial charge in [0.05, 0.1) is 17.8 Å². The lowest BCUT2D eigenvalue weighted by Gasteiger charge is -2.12. The largest absolute Gasteiger partial charge is 0.469 e. The van der Waals surface area contributed by atoms with Crippen LogP contribution in [-0.4, -0.2) is 45.5 Å². The van der Waals surface area contributed by atoms with Crippen molar-refractivity contribution in [2.75, 3.05) is 31.1 Å². The summed E-state index contributed by atoms with van der Waals surface area (Å²) < 4.78 is 28.1. The molecule has 0 bridgehead atoms. The van der Waals surface area contributed by atoms with Gasteiger partial charge >= 0.3 is 0 Å². The Balaban J connectivity index is 0.00000242. The molecule has 2 rings (SSSR count). The van der Waals surface area contributed by atoms with E-state index in [0.717, 1.165) is 37.7 Å². The number of nitrogens with zero attached hydrogens (tertiary/aromatic N) is 1.